The van der Waals surface area contributed by atoms with Gasteiger partial charge in [-0.2, -0.15) is 5.26 Å². The maximum Gasteiger partial charge on any atom is 0.263 e. The fourth-order valence-corrected chi connectivity index (χ4v) is 5.63. The number of nitrogens with zero attached hydrogens (tertiary/aromatic N) is 3. The molecule has 2 aromatic rings. The summed E-state index contributed by atoms with van der Waals surface area (Å²) in [6.07, 6.45) is 4.05. The molecule has 134 valence electrons. The van der Waals surface area contributed by atoms with E-state index in [2.05, 4.69) is 33.8 Å². The molecular formula is C19H25N3OS2. The molecule has 1 aliphatic carbocycles. The molecule has 1 unspecified atom stereocenters. The van der Waals surface area contributed by atoms with Crippen molar-refractivity contribution in [3.63, 3.8) is 0 Å². The molecule has 0 bridgehead atoms. The van der Waals surface area contributed by atoms with Crippen LogP contribution < -0.4 is 5.56 Å². The summed E-state index contributed by atoms with van der Waals surface area (Å²) in [7, 11) is 0. The third kappa shape index (κ3) is 3.50. The summed E-state index contributed by atoms with van der Waals surface area (Å²) in [5.41, 5.74) is 1.61. The molecule has 1 atom stereocenters. The molecule has 0 amide bonds. The second-order valence-electron chi connectivity index (χ2n) is 7.79. The van der Waals surface area contributed by atoms with Crippen molar-refractivity contribution in [1.82, 2.24) is 9.55 Å². The Labute approximate surface area is 157 Å². The van der Waals surface area contributed by atoms with E-state index in [-0.39, 0.29) is 11.0 Å². The summed E-state index contributed by atoms with van der Waals surface area (Å²) in [4.78, 5) is 20.1. The van der Waals surface area contributed by atoms with Gasteiger partial charge >= 0.3 is 0 Å². The largest absolute Gasteiger partial charge is 0.287 e. The quantitative estimate of drug-likeness (QED) is 0.577. The lowest BCUT2D eigenvalue weighted by molar-refractivity contribution is 0.218. The van der Waals surface area contributed by atoms with Gasteiger partial charge in [0, 0.05) is 11.4 Å². The van der Waals surface area contributed by atoms with Crippen molar-refractivity contribution >= 4 is 33.3 Å². The first kappa shape index (κ1) is 18.5. The zero-order chi connectivity index (χ0) is 18.2. The van der Waals surface area contributed by atoms with Crippen LogP contribution in [0, 0.1) is 22.7 Å². The van der Waals surface area contributed by atoms with Crippen molar-refractivity contribution in [2.45, 2.75) is 65.1 Å². The van der Waals surface area contributed by atoms with Crippen LogP contribution in [-0.2, 0) is 19.4 Å². The molecule has 6 heteroatoms. The number of thiophene rings is 1. The summed E-state index contributed by atoms with van der Waals surface area (Å²) < 4.78 is 1.77. The monoisotopic (exact) mass is 375 g/mol. The highest BCUT2D eigenvalue weighted by Gasteiger charge is 2.32. The maximum absolute atomic E-state index is 13.1. The van der Waals surface area contributed by atoms with E-state index in [0.717, 1.165) is 35.9 Å². The van der Waals surface area contributed by atoms with Gasteiger partial charge < -0.3 is 0 Å². The minimum absolute atomic E-state index is 0.0824. The molecule has 0 N–H and O–H groups in total. The standard InChI is InChI=1S/C19H25N3OS2/c1-5-9-22-17(23)15-13-7-6-12(19(2,3)4)11-14(13)25-16(15)21-18(22)24-10-8-20/h12H,5-7,9-11H2,1-4H3. The molecule has 25 heavy (non-hydrogen) atoms. The summed E-state index contributed by atoms with van der Waals surface area (Å²) in [5, 5.41) is 10.4. The lowest BCUT2D eigenvalue weighted by Crippen LogP contribution is -2.27. The Balaban J connectivity index is 2.12. The second-order valence-corrected chi connectivity index (χ2v) is 9.81. The predicted molar refractivity (Wildman–Crippen MR) is 105 cm³/mol. The first-order valence-corrected chi connectivity index (χ1v) is 10.7. The molecule has 0 saturated heterocycles. The smallest absolute Gasteiger partial charge is 0.263 e. The van der Waals surface area contributed by atoms with Crippen molar-refractivity contribution in [3.8, 4) is 6.07 Å². The Bertz CT molecular complexity index is 883. The van der Waals surface area contributed by atoms with Crippen LogP contribution in [0.5, 0.6) is 0 Å². The summed E-state index contributed by atoms with van der Waals surface area (Å²) in [5.74, 6) is 0.970. The van der Waals surface area contributed by atoms with Crippen molar-refractivity contribution in [3.05, 3.63) is 20.8 Å². The van der Waals surface area contributed by atoms with Crippen LogP contribution in [0.15, 0.2) is 9.95 Å². The van der Waals surface area contributed by atoms with E-state index >= 15 is 0 Å². The minimum Gasteiger partial charge on any atom is -0.287 e. The highest BCUT2D eigenvalue weighted by molar-refractivity contribution is 7.99. The molecule has 1 aliphatic rings. The summed E-state index contributed by atoms with van der Waals surface area (Å²) in [6.45, 7) is 9.63. The zero-order valence-corrected chi connectivity index (χ0v) is 17.0. The van der Waals surface area contributed by atoms with E-state index < -0.39 is 0 Å². The number of rotatable bonds is 4. The normalized spacial score (nSPS) is 17.5. The van der Waals surface area contributed by atoms with Crippen molar-refractivity contribution in [2.75, 3.05) is 5.75 Å². The molecule has 0 radical (unpaired) electrons. The molecule has 0 saturated carbocycles. The first-order valence-electron chi connectivity index (χ1n) is 8.91. The molecule has 0 fully saturated rings. The third-order valence-electron chi connectivity index (χ3n) is 5.07. The molecule has 0 aromatic carbocycles. The van der Waals surface area contributed by atoms with Crippen LogP contribution in [0.2, 0.25) is 0 Å². The number of aromatic nitrogens is 2. The van der Waals surface area contributed by atoms with E-state index in [1.165, 1.54) is 22.2 Å². The van der Waals surface area contributed by atoms with Gasteiger partial charge in [0.25, 0.3) is 5.56 Å². The van der Waals surface area contributed by atoms with Gasteiger partial charge in [-0.25, -0.2) is 4.98 Å². The van der Waals surface area contributed by atoms with Crippen LogP contribution in [0.25, 0.3) is 10.2 Å². The Kier molecular flexibility index (Phi) is 5.26. The Morgan fingerprint density at radius 2 is 2.20 bits per heavy atom. The van der Waals surface area contributed by atoms with E-state index in [9.17, 15) is 4.79 Å². The summed E-state index contributed by atoms with van der Waals surface area (Å²) in [6, 6.07) is 2.14. The first-order chi connectivity index (χ1) is 11.9. The second kappa shape index (κ2) is 7.13. The molecule has 2 aromatic heterocycles. The van der Waals surface area contributed by atoms with E-state index in [1.54, 1.807) is 15.9 Å². The average molecular weight is 376 g/mol. The number of fused-ring (bicyclic) bond motifs is 3. The van der Waals surface area contributed by atoms with E-state index in [4.69, 9.17) is 10.2 Å². The summed E-state index contributed by atoms with van der Waals surface area (Å²) >= 11 is 3.05. The molecule has 2 heterocycles. The lowest BCUT2D eigenvalue weighted by Gasteiger charge is -2.33. The SMILES string of the molecule is CCCn1c(SCC#N)nc2sc3c(c2c1=O)CCC(C(C)(C)C)C3. The number of nitriles is 1. The van der Waals surface area contributed by atoms with Gasteiger partial charge in [0.2, 0.25) is 0 Å². The van der Waals surface area contributed by atoms with Gasteiger partial charge in [-0.3, -0.25) is 9.36 Å². The molecule has 4 nitrogen and oxygen atoms in total. The number of aryl methyl sites for hydroxylation is 1. The van der Waals surface area contributed by atoms with Gasteiger partial charge in [0.05, 0.1) is 17.2 Å². The van der Waals surface area contributed by atoms with Crippen molar-refractivity contribution < 1.29 is 0 Å². The molecule has 0 aliphatic heterocycles. The molecule has 0 spiro atoms. The maximum atomic E-state index is 13.1. The zero-order valence-electron chi connectivity index (χ0n) is 15.4. The highest BCUT2D eigenvalue weighted by atomic mass is 32.2. The van der Waals surface area contributed by atoms with Gasteiger partial charge in [-0.15, -0.1) is 11.3 Å². The fourth-order valence-electron chi connectivity index (χ4n) is 3.61. The Morgan fingerprint density at radius 3 is 2.84 bits per heavy atom. The minimum atomic E-state index is 0.0824. The molecular weight excluding hydrogens is 350 g/mol. The Morgan fingerprint density at radius 1 is 1.44 bits per heavy atom. The predicted octanol–water partition coefficient (Wildman–Crippen LogP) is 4.63. The van der Waals surface area contributed by atoms with E-state index in [1.807, 2.05) is 0 Å². The average Bonchev–Trinajstić information content (AvgIpc) is 2.92. The third-order valence-corrected chi connectivity index (χ3v) is 7.06. The van der Waals surface area contributed by atoms with Crippen LogP contribution in [0.4, 0.5) is 0 Å². The number of hydrogen-bond donors (Lipinski definition) is 0. The Hall–Kier alpha value is -1.32. The van der Waals surface area contributed by atoms with Crippen LogP contribution in [0.3, 0.4) is 0 Å². The van der Waals surface area contributed by atoms with Crippen molar-refractivity contribution in [2.24, 2.45) is 11.3 Å². The van der Waals surface area contributed by atoms with Crippen molar-refractivity contribution in [1.29, 1.82) is 5.26 Å². The van der Waals surface area contributed by atoms with Gasteiger partial charge in [-0.05, 0) is 42.6 Å². The molecule has 3 rings (SSSR count). The van der Waals surface area contributed by atoms with Gasteiger partial charge in [0.15, 0.2) is 5.16 Å². The van der Waals surface area contributed by atoms with Crippen LogP contribution in [-0.4, -0.2) is 15.3 Å². The highest BCUT2D eigenvalue weighted by Crippen LogP contribution is 2.42. The van der Waals surface area contributed by atoms with Crippen LogP contribution >= 0.6 is 23.1 Å². The van der Waals surface area contributed by atoms with Crippen LogP contribution in [0.1, 0.15) is 51.0 Å². The lowest BCUT2D eigenvalue weighted by atomic mass is 9.72. The number of thioether (sulfide) groups is 1. The topological polar surface area (TPSA) is 58.7 Å². The number of hydrogen-bond acceptors (Lipinski definition) is 5. The van der Waals surface area contributed by atoms with Gasteiger partial charge in [-0.1, -0.05) is 39.5 Å². The van der Waals surface area contributed by atoms with Gasteiger partial charge in [0.1, 0.15) is 4.83 Å². The fraction of sp³-hybridized carbons (Fsp3) is 0.632. The van der Waals surface area contributed by atoms with E-state index in [0.29, 0.717) is 23.4 Å².